The molecule has 0 aliphatic heterocycles. The second kappa shape index (κ2) is 8.05. The number of likely N-dealkylation sites (N-methyl/N-ethyl adjacent to an activating group) is 1. The molecule has 20 heavy (non-hydrogen) atoms. The number of ether oxygens (including phenoxy) is 1. The topological polar surface area (TPSA) is 111 Å². The summed E-state index contributed by atoms with van der Waals surface area (Å²) in [5.74, 6) is -0.0821. The summed E-state index contributed by atoms with van der Waals surface area (Å²) in [6.07, 6.45) is 0. The van der Waals surface area contributed by atoms with Gasteiger partial charge in [0.15, 0.2) is 6.61 Å². The van der Waals surface area contributed by atoms with Gasteiger partial charge in [0.05, 0.1) is 5.75 Å². The number of thioether (sulfide) groups is 1. The van der Waals surface area contributed by atoms with Crippen LogP contribution in [0.5, 0.6) is 5.75 Å². The van der Waals surface area contributed by atoms with Crippen molar-refractivity contribution in [1.82, 2.24) is 5.32 Å². The van der Waals surface area contributed by atoms with Crippen molar-refractivity contribution in [3.05, 3.63) is 24.3 Å². The van der Waals surface area contributed by atoms with E-state index in [0.29, 0.717) is 11.4 Å². The van der Waals surface area contributed by atoms with Gasteiger partial charge in [-0.25, -0.2) is 0 Å². The number of carbonyl (C=O) groups excluding carboxylic acids is 3. The average molecular weight is 297 g/mol. The van der Waals surface area contributed by atoms with Crippen LogP contribution in [0.4, 0.5) is 10.5 Å². The highest BCUT2D eigenvalue weighted by Crippen LogP contribution is 2.16. The zero-order chi connectivity index (χ0) is 15.0. The molecule has 0 fully saturated rings. The quantitative estimate of drug-likeness (QED) is 0.710. The van der Waals surface area contributed by atoms with Crippen molar-refractivity contribution >= 4 is 34.5 Å². The molecule has 1 rings (SSSR count). The highest BCUT2D eigenvalue weighted by molar-refractivity contribution is 8.14. The predicted octanol–water partition coefficient (Wildman–Crippen LogP) is 0.562. The van der Waals surface area contributed by atoms with Gasteiger partial charge in [0.2, 0.25) is 5.91 Å². The number of rotatable bonds is 6. The Kier molecular flexibility index (Phi) is 6.38. The fraction of sp³-hybridized carbons (Fsp3) is 0.250. The highest BCUT2D eigenvalue weighted by Gasteiger charge is 2.05. The van der Waals surface area contributed by atoms with E-state index in [1.165, 1.54) is 7.05 Å². The normalized spacial score (nSPS) is 9.65. The molecule has 0 spiro atoms. The largest absolute Gasteiger partial charge is 0.484 e. The molecule has 0 saturated heterocycles. The molecule has 1 aromatic rings. The van der Waals surface area contributed by atoms with Gasteiger partial charge >= 0.3 is 0 Å². The first-order chi connectivity index (χ1) is 9.51. The van der Waals surface area contributed by atoms with Crippen molar-refractivity contribution in [2.75, 3.05) is 24.7 Å². The predicted molar refractivity (Wildman–Crippen MR) is 76.7 cm³/mol. The second-order valence-corrected chi connectivity index (χ2v) is 4.62. The summed E-state index contributed by atoms with van der Waals surface area (Å²) < 4.78 is 5.21. The Labute approximate surface area is 120 Å². The molecular weight excluding hydrogens is 282 g/mol. The summed E-state index contributed by atoms with van der Waals surface area (Å²) in [4.78, 5) is 32.9. The smallest absolute Gasteiger partial charge is 0.276 e. The van der Waals surface area contributed by atoms with Gasteiger partial charge in [-0.2, -0.15) is 0 Å². The van der Waals surface area contributed by atoms with E-state index in [-0.39, 0.29) is 24.2 Å². The van der Waals surface area contributed by atoms with E-state index in [9.17, 15) is 14.4 Å². The van der Waals surface area contributed by atoms with Crippen LogP contribution >= 0.6 is 11.8 Å². The monoisotopic (exact) mass is 297 g/mol. The van der Waals surface area contributed by atoms with Gasteiger partial charge in [0.25, 0.3) is 11.1 Å². The molecule has 0 bridgehead atoms. The maximum atomic E-state index is 11.4. The summed E-state index contributed by atoms with van der Waals surface area (Å²) >= 11 is 0.733. The first-order valence-electron chi connectivity index (χ1n) is 5.67. The number of primary amides is 1. The van der Waals surface area contributed by atoms with E-state index in [0.717, 1.165) is 11.8 Å². The lowest BCUT2D eigenvalue weighted by Gasteiger charge is -2.07. The Hall–Kier alpha value is -2.22. The molecule has 7 nitrogen and oxygen atoms in total. The van der Waals surface area contributed by atoms with Crippen molar-refractivity contribution < 1.29 is 19.1 Å². The SMILES string of the molecule is CNC(=O)COc1ccc(NC(=O)CSC(N)=O)cc1. The number of benzene rings is 1. The van der Waals surface area contributed by atoms with Crippen LogP contribution in [0, 0.1) is 0 Å². The van der Waals surface area contributed by atoms with Gasteiger partial charge < -0.3 is 21.1 Å². The second-order valence-electron chi connectivity index (χ2n) is 3.64. The van der Waals surface area contributed by atoms with E-state index < -0.39 is 5.24 Å². The van der Waals surface area contributed by atoms with Crippen molar-refractivity contribution in [2.24, 2.45) is 5.73 Å². The third-order valence-corrected chi connectivity index (χ3v) is 2.82. The third kappa shape index (κ3) is 6.10. The number of hydrogen-bond donors (Lipinski definition) is 3. The van der Waals surface area contributed by atoms with Gasteiger partial charge in [-0.05, 0) is 24.3 Å². The molecule has 0 atom stereocenters. The maximum absolute atomic E-state index is 11.4. The molecule has 0 aromatic heterocycles. The van der Waals surface area contributed by atoms with Crippen LogP contribution in [-0.2, 0) is 9.59 Å². The molecule has 0 unspecified atom stereocenters. The minimum Gasteiger partial charge on any atom is -0.484 e. The average Bonchev–Trinajstić information content (AvgIpc) is 2.44. The molecule has 8 heteroatoms. The Morgan fingerprint density at radius 2 is 1.85 bits per heavy atom. The van der Waals surface area contributed by atoms with E-state index in [1.807, 2.05) is 0 Å². The van der Waals surface area contributed by atoms with Crippen molar-refractivity contribution in [2.45, 2.75) is 0 Å². The molecule has 4 N–H and O–H groups in total. The zero-order valence-electron chi connectivity index (χ0n) is 10.8. The Bertz CT molecular complexity index is 490. The van der Waals surface area contributed by atoms with Crippen molar-refractivity contribution in [1.29, 1.82) is 0 Å². The molecule has 3 amide bonds. The summed E-state index contributed by atoms with van der Waals surface area (Å²) in [5, 5.41) is 4.43. The zero-order valence-corrected chi connectivity index (χ0v) is 11.7. The fourth-order valence-corrected chi connectivity index (χ4v) is 1.53. The summed E-state index contributed by atoms with van der Waals surface area (Å²) in [7, 11) is 1.52. The van der Waals surface area contributed by atoms with Gasteiger partial charge in [-0.1, -0.05) is 11.8 Å². The number of carbonyl (C=O) groups is 3. The molecule has 0 heterocycles. The lowest BCUT2D eigenvalue weighted by atomic mass is 10.3. The number of nitrogens with one attached hydrogen (secondary N) is 2. The third-order valence-electron chi connectivity index (χ3n) is 2.13. The molecule has 0 saturated carbocycles. The van der Waals surface area contributed by atoms with E-state index >= 15 is 0 Å². The van der Waals surface area contributed by atoms with Crippen LogP contribution in [0.15, 0.2) is 24.3 Å². The van der Waals surface area contributed by atoms with Gasteiger partial charge in [0.1, 0.15) is 5.75 Å². The van der Waals surface area contributed by atoms with Gasteiger partial charge in [0, 0.05) is 12.7 Å². The van der Waals surface area contributed by atoms with Gasteiger partial charge in [-0.3, -0.25) is 14.4 Å². The van der Waals surface area contributed by atoms with E-state index in [2.05, 4.69) is 10.6 Å². The molecule has 0 aliphatic rings. The first kappa shape index (κ1) is 15.8. The van der Waals surface area contributed by atoms with Crippen LogP contribution in [-0.4, -0.2) is 36.5 Å². The lowest BCUT2D eigenvalue weighted by molar-refractivity contribution is -0.122. The summed E-state index contributed by atoms with van der Waals surface area (Å²) in [5.41, 5.74) is 5.48. The Balaban J connectivity index is 2.43. The van der Waals surface area contributed by atoms with Crippen molar-refractivity contribution in [3.63, 3.8) is 0 Å². The number of amides is 3. The summed E-state index contributed by atoms with van der Waals surface area (Å²) in [6, 6.07) is 6.51. The molecule has 1 aromatic carbocycles. The molecule has 0 radical (unpaired) electrons. The maximum Gasteiger partial charge on any atom is 0.276 e. The number of nitrogens with two attached hydrogens (primary N) is 1. The Morgan fingerprint density at radius 3 is 2.40 bits per heavy atom. The highest BCUT2D eigenvalue weighted by atomic mass is 32.2. The number of hydrogen-bond acceptors (Lipinski definition) is 5. The van der Waals surface area contributed by atoms with Crippen LogP contribution in [0.2, 0.25) is 0 Å². The van der Waals surface area contributed by atoms with Crippen LogP contribution in [0.1, 0.15) is 0 Å². The van der Waals surface area contributed by atoms with Crippen molar-refractivity contribution in [3.8, 4) is 5.75 Å². The van der Waals surface area contributed by atoms with Crippen LogP contribution in [0.3, 0.4) is 0 Å². The van der Waals surface area contributed by atoms with E-state index in [1.54, 1.807) is 24.3 Å². The molecule has 108 valence electrons. The van der Waals surface area contributed by atoms with Gasteiger partial charge in [-0.15, -0.1) is 0 Å². The Morgan fingerprint density at radius 1 is 1.20 bits per heavy atom. The molecular formula is C12H15N3O4S. The fourth-order valence-electron chi connectivity index (χ4n) is 1.19. The lowest BCUT2D eigenvalue weighted by Crippen LogP contribution is -2.24. The van der Waals surface area contributed by atoms with Crippen LogP contribution < -0.4 is 21.1 Å². The standard InChI is InChI=1S/C12H15N3O4S/c1-14-10(16)6-19-9-4-2-8(3-5-9)15-11(17)7-20-12(13)18/h2-5H,6-7H2,1H3,(H2,13,18)(H,14,16)(H,15,17). The minimum absolute atomic E-state index is 0.0374. The molecule has 0 aliphatic carbocycles. The first-order valence-corrected chi connectivity index (χ1v) is 6.65. The summed E-state index contributed by atoms with van der Waals surface area (Å²) in [6.45, 7) is -0.0720. The minimum atomic E-state index is -0.599. The van der Waals surface area contributed by atoms with E-state index in [4.69, 9.17) is 10.5 Å². The van der Waals surface area contributed by atoms with Crippen LogP contribution in [0.25, 0.3) is 0 Å². The number of anilines is 1.